The number of hydrogen-bond acceptors (Lipinski definition) is 9. The number of aromatic nitrogens is 2. The Balaban J connectivity index is 2.05. The predicted octanol–water partition coefficient (Wildman–Crippen LogP) is 0.0679. The maximum Gasteiger partial charge on any atom is 0.490 e. The molecule has 0 aliphatic carbocycles. The third kappa shape index (κ3) is 7.01. The van der Waals surface area contributed by atoms with Crippen LogP contribution in [0.1, 0.15) is 25.1 Å². The number of H-pyrrole nitrogens is 1. The van der Waals surface area contributed by atoms with Gasteiger partial charge in [0, 0.05) is 18.2 Å². The van der Waals surface area contributed by atoms with E-state index in [1.807, 2.05) is 4.98 Å². The van der Waals surface area contributed by atoms with Gasteiger partial charge in [0.2, 0.25) is 0 Å². The summed E-state index contributed by atoms with van der Waals surface area (Å²) in [5.41, 5.74) is -1.26. The van der Waals surface area contributed by atoms with Crippen LogP contribution in [0.2, 0.25) is 0 Å². The summed E-state index contributed by atoms with van der Waals surface area (Å²) in [4.78, 5) is 60.9. The molecule has 0 amide bonds. The number of rotatable bonds is 9. The van der Waals surface area contributed by atoms with E-state index in [9.17, 15) is 32.6 Å². The Labute approximate surface area is 166 Å². The minimum absolute atomic E-state index is 0.227. The molecule has 5 atom stereocenters. The Hall–Kier alpha value is -1.02. The zero-order valence-electron chi connectivity index (χ0n) is 15.1. The summed E-state index contributed by atoms with van der Waals surface area (Å²) in [6, 6.07) is 0. The lowest BCUT2D eigenvalue weighted by Crippen LogP contribution is -2.34. The van der Waals surface area contributed by atoms with Crippen LogP contribution in [-0.2, 0) is 38.0 Å². The fourth-order valence-electron chi connectivity index (χ4n) is 2.47. The summed E-state index contributed by atoms with van der Waals surface area (Å²) < 4.78 is 65.3. The van der Waals surface area contributed by atoms with Crippen molar-refractivity contribution in [2.24, 2.45) is 0 Å². The molecule has 0 spiro atoms. The van der Waals surface area contributed by atoms with E-state index in [0.717, 1.165) is 4.57 Å². The van der Waals surface area contributed by atoms with Gasteiger partial charge in [-0.3, -0.25) is 18.9 Å². The molecular formula is C11H18FN2O13P3. The second-order valence-corrected chi connectivity index (χ2v) is 10.4. The summed E-state index contributed by atoms with van der Waals surface area (Å²) in [5.74, 6) is 0. The van der Waals surface area contributed by atoms with E-state index < -0.39 is 59.8 Å². The normalized spacial score (nSPS) is 26.3. The van der Waals surface area contributed by atoms with Gasteiger partial charge in [0.25, 0.3) is 5.56 Å². The molecule has 0 bridgehead atoms. The summed E-state index contributed by atoms with van der Waals surface area (Å²) in [7, 11) is -16.7. The first kappa shape index (κ1) is 25.2. The fourth-order valence-corrected chi connectivity index (χ4v) is 5.50. The van der Waals surface area contributed by atoms with E-state index in [4.69, 9.17) is 19.4 Å². The lowest BCUT2D eigenvalue weighted by Gasteiger charge is -2.19. The molecular weight excluding hydrogens is 480 g/mol. The molecule has 0 radical (unpaired) electrons. The Kier molecular flexibility index (Phi) is 7.76. The van der Waals surface area contributed by atoms with Gasteiger partial charge in [0.05, 0.1) is 6.61 Å². The molecule has 15 nitrogen and oxygen atoms in total. The van der Waals surface area contributed by atoms with Crippen LogP contribution in [0.5, 0.6) is 0 Å². The summed E-state index contributed by atoms with van der Waals surface area (Å²) in [6.07, 6.45) is -3.46. The molecule has 30 heavy (non-hydrogen) atoms. The quantitative estimate of drug-likeness (QED) is 0.285. The van der Waals surface area contributed by atoms with Crippen molar-refractivity contribution in [3.63, 3.8) is 0 Å². The molecule has 0 saturated carbocycles. The number of nitrogens with one attached hydrogen (secondary N) is 1. The van der Waals surface area contributed by atoms with Gasteiger partial charge in [-0.2, -0.15) is 8.62 Å². The highest BCUT2D eigenvalue weighted by molar-refractivity contribution is 7.66. The van der Waals surface area contributed by atoms with Crippen molar-refractivity contribution in [2.75, 3.05) is 6.61 Å². The Morgan fingerprint density at radius 2 is 1.83 bits per heavy atom. The number of aryl methyl sites for hydroxylation is 1. The summed E-state index contributed by atoms with van der Waals surface area (Å²) >= 11 is 0. The average molecular weight is 498 g/mol. The van der Waals surface area contributed by atoms with Gasteiger partial charge in [-0.05, 0) is 6.42 Å². The molecule has 2 rings (SSSR count). The maximum absolute atomic E-state index is 14.2. The Morgan fingerprint density at radius 3 is 2.40 bits per heavy atom. The molecule has 1 aliphatic rings. The van der Waals surface area contributed by atoms with E-state index in [1.165, 1.54) is 6.20 Å². The molecule has 19 heteroatoms. The SMILES string of the molecule is CCc1cn(C2CC(F)C(COP(=O)(O)OP(=O)(O)OP(=O)(O)O)O2)c(=O)[nH]c1=O. The largest absolute Gasteiger partial charge is 0.490 e. The number of alkyl halides is 1. The smallest absolute Gasteiger partial charge is 0.349 e. The average Bonchev–Trinajstić information content (AvgIpc) is 2.90. The third-order valence-corrected chi connectivity index (χ3v) is 7.52. The lowest BCUT2D eigenvalue weighted by molar-refractivity contribution is -0.0350. The van der Waals surface area contributed by atoms with Gasteiger partial charge in [0.15, 0.2) is 0 Å². The first-order valence-electron chi connectivity index (χ1n) is 8.04. The van der Waals surface area contributed by atoms with Gasteiger partial charge >= 0.3 is 29.2 Å². The number of hydrogen-bond donors (Lipinski definition) is 5. The first-order chi connectivity index (χ1) is 13.6. The molecule has 5 N–H and O–H groups in total. The fraction of sp³-hybridized carbons (Fsp3) is 0.636. The number of aromatic amines is 1. The van der Waals surface area contributed by atoms with Gasteiger partial charge in [-0.15, -0.1) is 0 Å². The highest BCUT2D eigenvalue weighted by Gasteiger charge is 2.43. The minimum atomic E-state index is -5.71. The highest BCUT2D eigenvalue weighted by Crippen LogP contribution is 2.66. The first-order valence-corrected chi connectivity index (χ1v) is 12.6. The second kappa shape index (κ2) is 9.23. The molecule has 0 aromatic carbocycles. The minimum Gasteiger partial charge on any atom is -0.349 e. The number of halogens is 1. The van der Waals surface area contributed by atoms with Crippen LogP contribution in [-0.4, -0.2) is 48.0 Å². The molecule has 5 unspecified atom stereocenters. The van der Waals surface area contributed by atoms with Crippen molar-refractivity contribution in [3.05, 3.63) is 32.6 Å². The van der Waals surface area contributed by atoms with Crippen LogP contribution in [0.25, 0.3) is 0 Å². The van der Waals surface area contributed by atoms with Crippen molar-refractivity contribution in [3.8, 4) is 0 Å². The van der Waals surface area contributed by atoms with E-state index in [0.29, 0.717) is 0 Å². The maximum atomic E-state index is 14.2. The lowest BCUT2D eigenvalue weighted by atomic mass is 10.2. The third-order valence-electron chi connectivity index (χ3n) is 3.71. The van der Waals surface area contributed by atoms with Crippen LogP contribution in [0.15, 0.2) is 15.8 Å². The predicted molar refractivity (Wildman–Crippen MR) is 93.9 cm³/mol. The van der Waals surface area contributed by atoms with E-state index >= 15 is 0 Å². The monoisotopic (exact) mass is 498 g/mol. The topological polar surface area (TPSA) is 224 Å². The number of ether oxygens (including phenoxy) is 1. The molecule has 1 aromatic rings. The molecule has 1 aromatic heterocycles. The van der Waals surface area contributed by atoms with Crippen molar-refractivity contribution in [2.45, 2.75) is 38.3 Å². The second-order valence-electron chi connectivity index (χ2n) is 5.94. The molecule has 1 fully saturated rings. The Bertz CT molecular complexity index is 1030. The van der Waals surface area contributed by atoms with Crippen LogP contribution in [0, 0.1) is 0 Å². The Morgan fingerprint density at radius 1 is 1.20 bits per heavy atom. The van der Waals surface area contributed by atoms with Gasteiger partial charge in [-0.1, -0.05) is 6.92 Å². The van der Waals surface area contributed by atoms with Gasteiger partial charge < -0.3 is 24.3 Å². The van der Waals surface area contributed by atoms with Crippen LogP contribution >= 0.6 is 23.5 Å². The number of phosphoric ester groups is 1. The van der Waals surface area contributed by atoms with E-state index in [1.54, 1.807) is 6.92 Å². The highest BCUT2D eigenvalue weighted by atomic mass is 31.3. The van der Waals surface area contributed by atoms with Crippen molar-refractivity contribution in [1.29, 1.82) is 0 Å². The summed E-state index contributed by atoms with van der Waals surface area (Å²) in [6.45, 7) is 0.651. The van der Waals surface area contributed by atoms with E-state index in [2.05, 4.69) is 13.1 Å². The summed E-state index contributed by atoms with van der Waals surface area (Å²) in [5, 5.41) is 0. The number of phosphoric acid groups is 3. The van der Waals surface area contributed by atoms with Gasteiger partial charge in [-0.25, -0.2) is 22.9 Å². The van der Waals surface area contributed by atoms with Crippen LogP contribution in [0.3, 0.4) is 0 Å². The molecule has 2 heterocycles. The van der Waals surface area contributed by atoms with Crippen LogP contribution < -0.4 is 11.2 Å². The zero-order valence-corrected chi connectivity index (χ0v) is 17.7. The van der Waals surface area contributed by atoms with E-state index in [-0.39, 0.29) is 18.4 Å². The molecule has 1 aliphatic heterocycles. The molecule has 172 valence electrons. The van der Waals surface area contributed by atoms with Crippen molar-refractivity contribution < 1.29 is 55.5 Å². The zero-order chi connectivity index (χ0) is 22.9. The standard InChI is InChI=1S/C11H18FN2O13P3/c1-2-6-4-14(11(16)13-10(6)15)9-3-7(12)8(25-9)5-24-29(20,21)27-30(22,23)26-28(17,18)19/h4,7-9H,2-3,5H2,1H3,(H,20,21)(H,22,23)(H,13,15,16)(H2,17,18,19). The number of nitrogens with zero attached hydrogens (tertiary/aromatic N) is 1. The van der Waals surface area contributed by atoms with Crippen LogP contribution in [0.4, 0.5) is 4.39 Å². The van der Waals surface area contributed by atoms with Crippen molar-refractivity contribution in [1.82, 2.24) is 9.55 Å². The van der Waals surface area contributed by atoms with Gasteiger partial charge in [0.1, 0.15) is 18.5 Å². The van der Waals surface area contributed by atoms with Crippen molar-refractivity contribution >= 4 is 23.5 Å². The molecule has 1 saturated heterocycles.